The Labute approximate surface area is 248 Å². The normalized spacial score (nSPS) is 12.3. The van der Waals surface area contributed by atoms with E-state index in [1.54, 1.807) is 42.5 Å². The number of hydrogen-bond donors (Lipinski definition) is 2. The van der Waals surface area contributed by atoms with Crippen LogP contribution in [0.15, 0.2) is 96.2 Å². The molecule has 42 heavy (non-hydrogen) atoms. The second-order valence-corrected chi connectivity index (χ2v) is 12.3. The lowest BCUT2D eigenvalue weighted by molar-refractivity contribution is 0.306. The number of halogens is 2. The smallest absolute Gasteiger partial charge is 0.149 e. The maximum atomic E-state index is 13.5. The first kappa shape index (κ1) is 29.2. The van der Waals surface area contributed by atoms with Crippen LogP contribution < -0.4 is 15.4 Å². The number of rotatable bonds is 12. The van der Waals surface area contributed by atoms with E-state index in [4.69, 9.17) is 20.8 Å². The molecule has 0 aliphatic carbocycles. The summed E-state index contributed by atoms with van der Waals surface area (Å²) in [6.07, 6.45) is 4.32. The summed E-state index contributed by atoms with van der Waals surface area (Å²) in [6, 6.07) is 20.2. The van der Waals surface area contributed by atoms with Crippen molar-refractivity contribution in [3.8, 4) is 17.1 Å². The molecule has 0 spiro atoms. The minimum Gasteiger partial charge on any atom is -0.487 e. The summed E-state index contributed by atoms with van der Waals surface area (Å²) in [5.74, 6) is 1.67. The number of anilines is 2. The molecule has 0 saturated heterocycles. The maximum absolute atomic E-state index is 13.5. The van der Waals surface area contributed by atoms with E-state index in [-0.39, 0.29) is 18.2 Å². The lowest BCUT2D eigenvalue weighted by atomic mass is 10.1. The molecule has 8 nitrogen and oxygen atoms in total. The standard InChI is InChI=1S/C31H28ClFN4O4S/c1-3-13-34-27(18-42(2,38)39)30-12-11-28(41-30)21-7-9-26-24(15-21)31(36-19-35-26)37-23-8-10-29(25(32)16-23)40-17-20-5-4-6-22(33)14-20/h3-12,14-16,19,27,34H,1,13,17-18H2,2H3,(H,35,36,37). The Morgan fingerprint density at radius 1 is 1.10 bits per heavy atom. The number of hydrogen-bond acceptors (Lipinski definition) is 8. The Balaban J connectivity index is 1.36. The summed E-state index contributed by atoms with van der Waals surface area (Å²) < 4.78 is 49.3. The molecule has 11 heteroatoms. The van der Waals surface area contributed by atoms with Gasteiger partial charge in [-0.05, 0) is 66.2 Å². The highest BCUT2D eigenvalue weighted by atomic mass is 35.5. The molecule has 1 unspecified atom stereocenters. The predicted octanol–water partition coefficient (Wildman–Crippen LogP) is 6.87. The molecule has 0 saturated carbocycles. The van der Waals surface area contributed by atoms with Crippen molar-refractivity contribution < 1.29 is 22.0 Å². The molecule has 0 bridgehead atoms. The van der Waals surface area contributed by atoms with E-state index in [0.717, 1.165) is 10.9 Å². The van der Waals surface area contributed by atoms with Crippen molar-refractivity contribution in [1.29, 1.82) is 0 Å². The van der Waals surface area contributed by atoms with Crippen molar-refractivity contribution in [1.82, 2.24) is 15.3 Å². The van der Waals surface area contributed by atoms with Crippen LogP contribution in [-0.4, -0.2) is 36.9 Å². The first-order valence-electron chi connectivity index (χ1n) is 13.0. The highest BCUT2D eigenvalue weighted by Gasteiger charge is 2.21. The fourth-order valence-corrected chi connectivity index (χ4v) is 5.52. The van der Waals surface area contributed by atoms with Gasteiger partial charge in [0.15, 0.2) is 0 Å². The first-order chi connectivity index (χ1) is 20.2. The van der Waals surface area contributed by atoms with Crippen LogP contribution in [0.1, 0.15) is 17.4 Å². The second-order valence-electron chi connectivity index (χ2n) is 9.69. The fourth-order valence-electron chi connectivity index (χ4n) is 4.39. The summed E-state index contributed by atoms with van der Waals surface area (Å²) in [4.78, 5) is 8.81. The van der Waals surface area contributed by atoms with Gasteiger partial charge < -0.3 is 19.8 Å². The highest BCUT2D eigenvalue weighted by Crippen LogP contribution is 2.33. The number of nitrogens with zero attached hydrogens (tertiary/aromatic N) is 2. The number of benzene rings is 3. The number of furan rings is 1. The molecule has 0 aliphatic heterocycles. The molecule has 0 fully saturated rings. The second kappa shape index (κ2) is 12.7. The van der Waals surface area contributed by atoms with Crippen molar-refractivity contribution >= 4 is 43.8 Å². The van der Waals surface area contributed by atoms with Gasteiger partial charge in [-0.3, -0.25) is 0 Å². The lowest BCUT2D eigenvalue weighted by Crippen LogP contribution is -2.27. The zero-order chi connectivity index (χ0) is 29.7. The van der Waals surface area contributed by atoms with Crippen LogP contribution in [0.5, 0.6) is 5.75 Å². The SMILES string of the molecule is C=CCNC(CS(C)(=O)=O)c1ccc(-c2ccc3ncnc(Nc4ccc(OCc5cccc(F)c5)c(Cl)c4)c3c2)o1. The highest BCUT2D eigenvalue weighted by molar-refractivity contribution is 7.90. The van der Waals surface area contributed by atoms with Crippen LogP contribution in [0.3, 0.4) is 0 Å². The Kier molecular flexibility index (Phi) is 8.86. The Bertz CT molecular complexity index is 1840. The average molecular weight is 607 g/mol. The van der Waals surface area contributed by atoms with Gasteiger partial charge >= 0.3 is 0 Å². The van der Waals surface area contributed by atoms with E-state index < -0.39 is 15.9 Å². The van der Waals surface area contributed by atoms with Gasteiger partial charge in [-0.25, -0.2) is 22.8 Å². The van der Waals surface area contributed by atoms with E-state index in [1.165, 1.54) is 24.7 Å². The predicted molar refractivity (Wildman–Crippen MR) is 163 cm³/mol. The molecule has 3 aromatic carbocycles. The lowest BCUT2D eigenvalue weighted by Gasteiger charge is -2.14. The molecule has 2 aromatic heterocycles. The maximum Gasteiger partial charge on any atom is 0.149 e. The quantitative estimate of drug-likeness (QED) is 0.148. The topological polar surface area (TPSA) is 106 Å². The van der Waals surface area contributed by atoms with Gasteiger partial charge in [0.25, 0.3) is 0 Å². The van der Waals surface area contributed by atoms with Gasteiger partial charge in [-0.1, -0.05) is 29.8 Å². The van der Waals surface area contributed by atoms with Crippen LogP contribution >= 0.6 is 11.6 Å². The summed E-state index contributed by atoms with van der Waals surface area (Å²) in [5, 5.41) is 7.56. The Morgan fingerprint density at radius 3 is 2.71 bits per heavy atom. The number of nitrogens with one attached hydrogen (secondary N) is 2. The van der Waals surface area contributed by atoms with Gasteiger partial charge in [-0.15, -0.1) is 6.58 Å². The third kappa shape index (κ3) is 7.33. The fraction of sp³-hybridized carbons (Fsp3) is 0.161. The molecule has 0 radical (unpaired) electrons. The van der Waals surface area contributed by atoms with Crippen LogP contribution in [0.2, 0.25) is 5.02 Å². The zero-order valence-electron chi connectivity index (χ0n) is 22.7. The summed E-state index contributed by atoms with van der Waals surface area (Å²) >= 11 is 6.48. The minimum absolute atomic E-state index is 0.107. The summed E-state index contributed by atoms with van der Waals surface area (Å²) in [5.41, 5.74) is 2.86. The molecule has 2 heterocycles. The van der Waals surface area contributed by atoms with Crippen LogP contribution in [-0.2, 0) is 16.4 Å². The van der Waals surface area contributed by atoms with Gasteiger partial charge in [0.1, 0.15) is 51.7 Å². The van der Waals surface area contributed by atoms with Crippen molar-refractivity contribution in [3.05, 3.63) is 114 Å². The molecule has 0 aliphatic rings. The largest absolute Gasteiger partial charge is 0.487 e. The molecular formula is C31H28ClFN4O4S. The van der Waals surface area contributed by atoms with E-state index >= 15 is 0 Å². The third-order valence-corrected chi connectivity index (χ3v) is 7.58. The van der Waals surface area contributed by atoms with E-state index in [9.17, 15) is 12.8 Å². The van der Waals surface area contributed by atoms with Crippen molar-refractivity contribution in [2.45, 2.75) is 12.6 Å². The Hall–Kier alpha value is -4.25. The molecular weight excluding hydrogens is 579 g/mol. The number of fused-ring (bicyclic) bond motifs is 1. The van der Waals surface area contributed by atoms with Crippen LogP contribution in [0.25, 0.3) is 22.2 Å². The number of aromatic nitrogens is 2. The monoisotopic (exact) mass is 606 g/mol. The van der Waals surface area contributed by atoms with Crippen LogP contribution in [0.4, 0.5) is 15.9 Å². The summed E-state index contributed by atoms with van der Waals surface area (Å²) in [7, 11) is -3.26. The molecule has 1 atom stereocenters. The van der Waals surface area contributed by atoms with Gasteiger partial charge in [0, 0.05) is 29.4 Å². The number of ether oxygens (including phenoxy) is 1. The molecule has 0 amide bonds. The molecule has 2 N–H and O–H groups in total. The zero-order valence-corrected chi connectivity index (χ0v) is 24.3. The van der Waals surface area contributed by atoms with Crippen molar-refractivity contribution in [2.75, 3.05) is 23.9 Å². The van der Waals surface area contributed by atoms with Crippen molar-refractivity contribution in [2.24, 2.45) is 0 Å². The molecule has 216 valence electrons. The Morgan fingerprint density at radius 2 is 1.95 bits per heavy atom. The summed E-state index contributed by atoms with van der Waals surface area (Å²) in [6.45, 7) is 4.30. The van der Waals surface area contributed by atoms with E-state index in [1.807, 2.05) is 24.3 Å². The van der Waals surface area contributed by atoms with E-state index in [2.05, 4.69) is 27.2 Å². The van der Waals surface area contributed by atoms with Gasteiger partial charge in [-0.2, -0.15) is 0 Å². The number of sulfone groups is 1. The molecule has 5 aromatic rings. The van der Waals surface area contributed by atoms with Crippen LogP contribution in [0, 0.1) is 5.82 Å². The first-order valence-corrected chi connectivity index (χ1v) is 15.4. The third-order valence-electron chi connectivity index (χ3n) is 6.35. The van der Waals surface area contributed by atoms with Crippen molar-refractivity contribution in [3.63, 3.8) is 0 Å². The van der Waals surface area contributed by atoms with Gasteiger partial charge in [0.05, 0.1) is 22.3 Å². The minimum atomic E-state index is -3.26. The van der Waals surface area contributed by atoms with Gasteiger partial charge in [0.2, 0.25) is 0 Å². The average Bonchev–Trinajstić information content (AvgIpc) is 3.45. The van der Waals surface area contributed by atoms with E-state index in [0.29, 0.717) is 51.4 Å². The molecule has 5 rings (SSSR count).